The van der Waals surface area contributed by atoms with Gasteiger partial charge in [0.15, 0.2) is 6.10 Å². The van der Waals surface area contributed by atoms with Crippen molar-refractivity contribution in [2.45, 2.75) is 25.9 Å². The lowest BCUT2D eigenvalue weighted by Gasteiger charge is -2.15. The summed E-state index contributed by atoms with van der Waals surface area (Å²) in [6, 6.07) is 5.14. The Morgan fingerprint density at radius 2 is 2.08 bits per heavy atom. The van der Waals surface area contributed by atoms with Crippen molar-refractivity contribution in [3.63, 3.8) is 0 Å². The van der Waals surface area contributed by atoms with E-state index in [1.807, 2.05) is 0 Å². The van der Waals surface area contributed by atoms with Crippen molar-refractivity contribution in [2.24, 2.45) is 0 Å². The SMILES string of the molecule is C[C@H](OC(=O)CCCN1C(=O)CNC1=O)C(=O)Nc1ccccc1F. The molecule has 1 aromatic carbocycles. The summed E-state index contributed by atoms with van der Waals surface area (Å²) in [5.41, 5.74) is -0.00560. The number of ether oxygens (including phenoxy) is 1. The number of carbonyl (C=O) groups excluding carboxylic acids is 4. The van der Waals surface area contributed by atoms with Crippen molar-refractivity contribution in [2.75, 3.05) is 18.4 Å². The lowest BCUT2D eigenvalue weighted by molar-refractivity contribution is -0.153. The molecule has 4 amide bonds. The molecule has 0 aliphatic carbocycles. The molecule has 2 rings (SSSR count). The highest BCUT2D eigenvalue weighted by Gasteiger charge is 2.28. The lowest BCUT2D eigenvalue weighted by atomic mass is 10.2. The number of anilines is 1. The van der Waals surface area contributed by atoms with Gasteiger partial charge in [0.25, 0.3) is 5.91 Å². The fourth-order valence-corrected chi connectivity index (χ4v) is 2.17. The van der Waals surface area contributed by atoms with E-state index in [9.17, 15) is 23.6 Å². The summed E-state index contributed by atoms with van der Waals surface area (Å²) in [6.45, 7) is 1.41. The number of esters is 1. The normalized spacial score (nSPS) is 14.9. The Hall–Kier alpha value is -2.97. The molecule has 0 bridgehead atoms. The minimum absolute atomic E-state index is 0.00560. The van der Waals surface area contributed by atoms with Gasteiger partial charge >= 0.3 is 12.0 Å². The zero-order valence-corrected chi connectivity index (χ0v) is 13.6. The number of hydrogen-bond donors (Lipinski definition) is 2. The summed E-state index contributed by atoms with van der Waals surface area (Å²) in [4.78, 5) is 47.4. The van der Waals surface area contributed by atoms with Gasteiger partial charge in [-0.2, -0.15) is 0 Å². The Morgan fingerprint density at radius 1 is 1.36 bits per heavy atom. The summed E-state index contributed by atoms with van der Waals surface area (Å²) < 4.78 is 18.4. The lowest BCUT2D eigenvalue weighted by Crippen LogP contribution is -2.33. The number of imide groups is 1. The number of nitrogens with zero attached hydrogens (tertiary/aromatic N) is 1. The van der Waals surface area contributed by atoms with Crippen molar-refractivity contribution < 1.29 is 28.3 Å². The molecular formula is C16H18FN3O5. The zero-order chi connectivity index (χ0) is 18.4. The summed E-state index contributed by atoms with van der Waals surface area (Å²) in [6.07, 6.45) is -0.947. The maximum Gasteiger partial charge on any atom is 0.324 e. The van der Waals surface area contributed by atoms with Crippen molar-refractivity contribution >= 4 is 29.5 Å². The van der Waals surface area contributed by atoms with Crippen molar-refractivity contribution in [3.8, 4) is 0 Å². The summed E-state index contributed by atoms with van der Waals surface area (Å²) in [7, 11) is 0. The molecule has 1 aliphatic heterocycles. The molecule has 0 aromatic heterocycles. The van der Waals surface area contributed by atoms with Crippen LogP contribution < -0.4 is 10.6 Å². The molecule has 1 aromatic rings. The number of para-hydroxylation sites is 1. The van der Waals surface area contributed by atoms with Gasteiger partial charge in [-0.25, -0.2) is 9.18 Å². The van der Waals surface area contributed by atoms with Crippen LogP contribution in [0.2, 0.25) is 0 Å². The topological polar surface area (TPSA) is 105 Å². The molecule has 0 unspecified atom stereocenters. The van der Waals surface area contributed by atoms with Gasteiger partial charge in [0, 0.05) is 13.0 Å². The van der Waals surface area contributed by atoms with Gasteiger partial charge in [-0.1, -0.05) is 12.1 Å². The first-order chi connectivity index (χ1) is 11.9. The van der Waals surface area contributed by atoms with Gasteiger partial charge in [-0.05, 0) is 25.5 Å². The highest BCUT2D eigenvalue weighted by atomic mass is 19.1. The monoisotopic (exact) mass is 351 g/mol. The van der Waals surface area contributed by atoms with Crippen LogP contribution in [0.15, 0.2) is 24.3 Å². The number of hydrogen-bond acceptors (Lipinski definition) is 5. The van der Waals surface area contributed by atoms with E-state index < -0.39 is 29.8 Å². The molecule has 25 heavy (non-hydrogen) atoms. The summed E-state index contributed by atoms with van der Waals surface area (Å²) >= 11 is 0. The average molecular weight is 351 g/mol. The number of urea groups is 1. The zero-order valence-electron chi connectivity index (χ0n) is 13.6. The largest absolute Gasteiger partial charge is 0.453 e. The maximum absolute atomic E-state index is 13.5. The molecule has 2 N–H and O–H groups in total. The van der Waals surface area contributed by atoms with E-state index >= 15 is 0 Å². The molecule has 1 fully saturated rings. The maximum atomic E-state index is 13.5. The van der Waals surface area contributed by atoms with Gasteiger partial charge < -0.3 is 15.4 Å². The molecule has 1 atom stereocenters. The molecule has 0 radical (unpaired) electrons. The Bertz CT molecular complexity index is 678. The van der Waals surface area contributed by atoms with Crippen LogP contribution >= 0.6 is 0 Å². The molecule has 134 valence electrons. The predicted molar refractivity (Wildman–Crippen MR) is 84.9 cm³/mol. The van der Waals surface area contributed by atoms with Gasteiger partial charge in [-0.3, -0.25) is 19.3 Å². The molecule has 1 heterocycles. The Balaban J connectivity index is 1.74. The Labute approximate surface area is 143 Å². The van der Waals surface area contributed by atoms with E-state index in [1.54, 1.807) is 6.07 Å². The van der Waals surface area contributed by atoms with Gasteiger partial charge in [-0.15, -0.1) is 0 Å². The third-order valence-electron chi connectivity index (χ3n) is 3.51. The van der Waals surface area contributed by atoms with Crippen LogP contribution in [0.25, 0.3) is 0 Å². The number of halogens is 1. The molecular weight excluding hydrogens is 333 g/mol. The van der Waals surface area contributed by atoms with Gasteiger partial charge in [0.2, 0.25) is 5.91 Å². The van der Waals surface area contributed by atoms with Crippen LogP contribution in [0.4, 0.5) is 14.9 Å². The molecule has 8 nitrogen and oxygen atoms in total. The van der Waals surface area contributed by atoms with Crippen LogP contribution in [-0.2, 0) is 19.1 Å². The number of rotatable bonds is 7. The Kier molecular flexibility index (Phi) is 6.04. The van der Waals surface area contributed by atoms with E-state index in [1.165, 1.54) is 25.1 Å². The first-order valence-corrected chi connectivity index (χ1v) is 7.71. The summed E-state index contributed by atoms with van der Waals surface area (Å²) in [5.74, 6) is -2.25. The number of carbonyl (C=O) groups is 4. The van der Waals surface area contributed by atoms with Crippen LogP contribution in [0.3, 0.4) is 0 Å². The fourth-order valence-electron chi connectivity index (χ4n) is 2.17. The molecule has 0 saturated carbocycles. The first-order valence-electron chi connectivity index (χ1n) is 7.71. The van der Waals surface area contributed by atoms with Crippen LogP contribution in [0, 0.1) is 5.82 Å². The van der Waals surface area contributed by atoms with Crippen molar-refractivity contribution in [1.29, 1.82) is 0 Å². The highest BCUT2D eigenvalue weighted by Crippen LogP contribution is 2.13. The standard InChI is InChI=1S/C16H18FN3O5/c1-10(15(23)19-12-6-3-2-5-11(12)17)25-14(22)7-4-8-20-13(21)9-18-16(20)24/h2-3,5-6,10H,4,7-9H2,1H3,(H,18,24)(H,19,23)/t10-/m0/s1. The fraction of sp³-hybridized carbons (Fsp3) is 0.375. The van der Waals surface area contributed by atoms with Gasteiger partial charge in [0.1, 0.15) is 5.82 Å². The first kappa shape index (κ1) is 18.4. The van der Waals surface area contributed by atoms with E-state index in [-0.39, 0.29) is 37.5 Å². The molecule has 1 saturated heterocycles. The minimum Gasteiger partial charge on any atom is -0.453 e. The van der Waals surface area contributed by atoms with Crippen LogP contribution in [0.1, 0.15) is 19.8 Å². The van der Waals surface area contributed by atoms with Crippen molar-refractivity contribution in [3.05, 3.63) is 30.1 Å². The Morgan fingerprint density at radius 3 is 2.72 bits per heavy atom. The van der Waals surface area contributed by atoms with Crippen molar-refractivity contribution in [1.82, 2.24) is 10.2 Å². The molecule has 1 aliphatic rings. The van der Waals surface area contributed by atoms with Crippen LogP contribution in [0.5, 0.6) is 0 Å². The predicted octanol–water partition coefficient (Wildman–Crippen LogP) is 1.03. The second-order valence-corrected chi connectivity index (χ2v) is 5.41. The number of amides is 4. The second-order valence-electron chi connectivity index (χ2n) is 5.41. The average Bonchev–Trinajstić information content (AvgIpc) is 2.88. The highest BCUT2D eigenvalue weighted by molar-refractivity contribution is 6.01. The number of benzene rings is 1. The third kappa shape index (κ3) is 5.00. The van der Waals surface area contributed by atoms with Crippen LogP contribution in [-0.4, -0.2) is 47.9 Å². The van der Waals surface area contributed by atoms with E-state index in [0.717, 1.165) is 4.90 Å². The number of nitrogens with one attached hydrogen (secondary N) is 2. The van der Waals surface area contributed by atoms with E-state index in [4.69, 9.17) is 4.74 Å². The smallest absolute Gasteiger partial charge is 0.324 e. The second kappa shape index (κ2) is 8.22. The van der Waals surface area contributed by atoms with E-state index in [0.29, 0.717) is 0 Å². The van der Waals surface area contributed by atoms with E-state index in [2.05, 4.69) is 10.6 Å². The van der Waals surface area contributed by atoms with Gasteiger partial charge in [0.05, 0.1) is 12.2 Å². The molecule has 9 heteroatoms. The molecule has 0 spiro atoms. The quantitative estimate of drug-likeness (QED) is 0.564. The summed E-state index contributed by atoms with van der Waals surface area (Å²) in [5, 5.41) is 4.70. The third-order valence-corrected chi connectivity index (χ3v) is 3.51. The minimum atomic E-state index is -1.11.